The van der Waals surface area contributed by atoms with Crippen molar-refractivity contribution in [3.63, 3.8) is 0 Å². The number of aliphatic hydroxyl groups is 7. The zero-order chi connectivity index (χ0) is 25.4. The van der Waals surface area contributed by atoms with Crippen molar-refractivity contribution in [2.75, 3.05) is 6.61 Å². The van der Waals surface area contributed by atoms with Gasteiger partial charge in [-0.05, 0) is 36.1 Å². The van der Waals surface area contributed by atoms with Crippen LogP contribution in [0.25, 0.3) is 10.8 Å². The van der Waals surface area contributed by atoms with E-state index in [1.165, 1.54) is 19.1 Å². The fourth-order valence-electron chi connectivity index (χ4n) is 4.31. The lowest BCUT2D eigenvalue weighted by molar-refractivity contribution is -0.354. The van der Waals surface area contributed by atoms with Crippen molar-refractivity contribution >= 4 is 10.8 Å². The molecule has 2 aliphatic heterocycles. The van der Waals surface area contributed by atoms with E-state index in [2.05, 4.69) is 0 Å². The van der Waals surface area contributed by atoms with Crippen molar-refractivity contribution < 1.29 is 59.8 Å². The second kappa shape index (κ2) is 10.5. The number of hydrogen-bond acceptors (Lipinski definition) is 12. The van der Waals surface area contributed by atoms with Crippen LogP contribution in [-0.4, -0.2) is 109 Å². The van der Waals surface area contributed by atoms with Gasteiger partial charge in [0.25, 0.3) is 0 Å². The summed E-state index contributed by atoms with van der Waals surface area (Å²) in [7, 11) is 0. The first-order valence-corrected chi connectivity index (χ1v) is 11.2. The molecule has 0 spiro atoms. The van der Waals surface area contributed by atoms with Gasteiger partial charge in [-0.3, -0.25) is 0 Å². The summed E-state index contributed by atoms with van der Waals surface area (Å²) in [5, 5.41) is 82.1. The smallest absolute Gasteiger partial charge is 0.229 e. The molecule has 0 aliphatic carbocycles. The van der Waals surface area contributed by atoms with E-state index < -0.39 is 68.0 Å². The van der Waals surface area contributed by atoms with E-state index in [4.69, 9.17) is 18.9 Å². The lowest BCUT2D eigenvalue weighted by atomic mass is 9.97. The molecule has 35 heavy (non-hydrogen) atoms. The molecule has 2 fully saturated rings. The monoisotopic (exact) mass is 498 g/mol. The van der Waals surface area contributed by atoms with E-state index >= 15 is 0 Å². The third-order valence-corrected chi connectivity index (χ3v) is 6.33. The summed E-state index contributed by atoms with van der Waals surface area (Å²) < 4.78 is 22.7. The molecule has 0 aromatic heterocycles. The molecule has 2 heterocycles. The Morgan fingerprint density at radius 1 is 0.857 bits per heavy atom. The normalized spacial score (nSPS) is 37.9. The summed E-state index contributed by atoms with van der Waals surface area (Å²) in [4.78, 5) is 0. The molecule has 8 N–H and O–H groups in total. The maximum Gasteiger partial charge on any atom is 0.229 e. The summed E-state index contributed by atoms with van der Waals surface area (Å²) in [6.07, 6.45) is -14.7. The second-order valence-corrected chi connectivity index (χ2v) is 8.73. The summed E-state index contributed by atoms with van der Waals surface area (Å²) in [5.74, 6) is -0.0796. The molecule has 0 unspecified atom stereocenters. The Hall–Kier alpha value is -2.10. The van der Waals surface area contributed by atoms with Crippen LogP contribution in [0, 0.1) is 0 Å². The van der Waals surface area contributed by atoms with E-state index in [-0.39, 0.29) is 23.5 Å². The van der Waals surface area contributed by atoms with Crippen molar-refractivity contribution in [3.8, 4) is 11.5 Å². The first-order chi connectivity index (χ1) is 16.7. The number of aromatic hydroxyl groups is 1. The maximum absolute atomic E-state index is 10.8. The fraction of sp³-hybridized carbons (Fsp3) is 0.565. The standard InChI is InChI=1S/C23H30O12/c1-9-16(27)18(29)20(31)22(32-9)35-21-19(30)17(28)14(8-25)34-23(21)33-13-6-10(7-24)5-11-3-2-4-12(26)15(11)13/h2-6,9,14,16-31H,7-8H2,1H3/t9-,14-,16-,17-,18+,19+,20-,21-,22+,23-/m0/s1. The third kappa shape index (κ3) is 4.95. The van der Waals surface area contributed by atoms with Gasteiger partial charge in [0.2, 0.25) is 6.29 Å². The lowest BCUT2D eigenvalue weighted by Crippen LogP contribution is -2.64. The lowest BCUT2D eigenvalue weighted by Gasteiger charge is -2.45. The first-order valence-electron chi connectivity index (χ1n) is 11.2. The highest BCUT2D eigenvalue weighted by Gasteiger charge is 2.51. The van der Waals surface area contributed by atoms with Crippen molar-refractivity contribution in [2.24, 2.45) is 0 Å². The SMILES string of the molecule is C[C@@H]1O[C@H](O[C@@H]2[C@@H](Oc3cc(CO)cc4cccc(O)c34)O[C@@H](CO)[C@H](O)[C@H]2O)[C@@H](O)[C@H](O)[C@H]1O. The predicted octanol–water partition coefficient (Wildman–Crippen LogP) is -1.93. The fourth-order valence-corrected chi connectivity index (χ4v) is 4.31. The minimum absolute atomic E-state index is 0.0532. The van der Waals surface area contributed by atoms with Gasteiger partial charge < -0.3 is 59.8 Å². The first kappa shape index (κ1) is 26.0. The number of rotatable bonds is 6. The van der Waals surface area contributed by atoms with Crippen LogP contribution in [0.5, 0.6) is 11.5 Å². The van der Waals surface area contributed by atoms with Crippen LogP contribution in [-0.2, 0) is 20.8 Å². The highest BCUT2D eigenvalue weighted by Crippen LogP contribution is 2.37. The Balaban J connectivity index is 1.68. The second-order valence-electron chi connectivity index (χ2n) is 8.73. The molecule has 0 amide bonds. The van der Waals surface area contributed by atoms with E-state index in [1.807, 2.05) is 0 Å². The number of phenolic OH excluding ortho intramolecular Hbond substituents is 1. The zero-order valence-corrected chi connectivity index (χ0v) is 18.8. The zero-order valence-electron chi connectivity index (χ0n) is 18.8. The molecule has 194 valence electrons. The summed E-state index contributed by atoms with van der Waals surface area (Å²) in [6, 6.07) is 7.82. The summed E-state index contributed by atoms with van der Waals surface area (Å²) in [5.41, 5.74) is 0.447. The molecule has 0 saturated carbocycles. The van der Waals surface area contributed by atoms with Gasteiger partial charge >= 0.3 is 0 Å². The van der Waals surface area contributed by atoms with Gasteiger partial charge in [-0.15, -0.1) is 0 Å². The molecule has 2 saturated heterocycles. The molecule has 0 bridgehead atoms. The van der Waals surface area contributed by atoms with Crippen LogP contribution >= 0.6 is 0 Å². The Labute approximate surface area is 200 Å². The van der Waals surface area contributed by atoms with Gasteiger partial charge in [0.1, 0.15) is 48.1 Å². The molecular formula is C23H30O12. The maximum atomic E-state index is 10.8. The molecule has 2 aromatic carbocycles. The van der Waals surface area contributed by atoms with E-state index in [9.17, 15) is 40.9 Å². The highest BCUT2D eigenvalue weighted by molar-refractivity contribution is 5.94. The number of hydrogen-bond donors (Lipinski definition) is 8. The minimum Gasteiger partial charge on any atom is -0.507 e. The summed E-state index contributed by atoms with van der Waals surface area (Å²) >= 11 is 0. The number of phenols is 1. The van der Waals surface area contributed by atoms with Crippen LogP contribution in [0.2, 0.25) is 0 Å². The minimum atomic E-state index is -1.70. The molecule has 10 atom stereocenters. The molecular weight excluding hydrogens is 468 g/mol. The van der Waals surface area contributed by atoms with Gasteiger partial charge in [0, 0.05) is 0 Å². The molecule has 12 nitrogen and oxygen atoms in total. The largest absolute Gasteiger partial charge is 0.507 e. The Morgan fingerprint density at radius 3 is 2.29 bits per heavy atom. The molecule has 4 rings (SSSR count). The number of fused-ring (bicyclic) bond motifs is 1. The molecule has 0 radical (unpaired) electrons. The number of aliphatic hydroxyl groups excluding tert-OH is 7. The van der Waals surface area contributed by atoms with Crippen molar-refractivity contribution in [2.45, 2.75) is 74.9 Å². The average Bonchev–Trinajstić information content (AvgIpc) is 2.85. The Morgan fingerprint density at radius 2 is 1.60 bits per heavy atom. The van der Waals surface area contributed by atoms with Crippen LogP contribution in [0.1, 0.15) is 12.5 Å². The average molecular weight is 498 g/mol. The van der Waals surface area contributed by atoms with Crippen LogP contribution < -0.4 is 4.74 Å². The molecule has 12 heteroatoms. The van der Waals surface area contributed by atoms with E-state index in [0.717, 1.165) is 0 Å². The van der Waals surface area contributed by atoms with Crippen molar-refractivity contribution in [1.82, 2.24) is 0 Å². The van der Waals surface area contributed by atoms with Crippen LogP contribution in [0.4, 0.5) is 0 Å². The Bertz CT molecular complexity index is 1020. The van der Waals surface area contributed by atoms with E-state index in [1.54, 1.807) is 18.2 Å². The van der Waals surface area contributed by atoms with Gasteiger partial charge in [-0.1, -0.05) is 12.1 Å². The topological polar surface area (TPSA) is 199 Å². The highest BCUT2D eigenvalue weighted by atomic mass is 16.8. The van der Waals surface area contributed by atoms with Gasteiger partial charge in [0.15, 0.2) is 12.4 Å². The number of benzene rings is 2. The van der Waals surface area contributed by atoms with Gasteiger partial charge in [0.05, 0.1) is 24.7 Å². The van der Waals surface area contributed by atoms with Gasteiger partial charge in [-0.25, -0.2) is 0 Å². The van der Waals surface area contributed by atoms with Crippen molar-refractivity contribution in [1.29, 1.82) is 0 Å². The molecule has 2 aliphatic rings. The van der Waals surface area contributed by atoms with Crippen molar-refractivity contribution in [3.05, 3.63) is 35.9 Å². The van der Waals surface area contributed by atoms with Gasteiger partial charge in [-0.2, -0.15) is 0 Å². The van der Waals surface area contributed by atoms with E-state index in [0.29, 0.717) is 10.9 Å². The predicted molar refractivity (Wildman–Crippen MR) is 117 cm³/mol. The quantitative estimate of drug-likeness (QED) is 0.220. The summed E-state index contributed by atoms with van der Waals surface area (Å²) in [6.45, 7) is 0.441. The Kier molecular flexibility index (Phi) is 7.78. The number of ether oxygens (including phenoxy) is 4. The van der Waals surface area contributed by atoms with Crippen LogP contribution in [0.15, 0.2) is 30.3 Å². The molecule has 2 aromatic rings. The van der Waals surface area contributed by atoms with Crippen LogP contribution in [0.3, 0.4) is 0 Å². The third-order valence-electron chi connectivity index (χ3n) is 6.33.